The quantitative estimate of drug-likeness (QED) is 0.665. The minimum Gasteiger partial charge on any atom is -0.369 e. The summed E-state index contributed by atoms with van der Waals surface area (Å²) in [5.41, 5.74) is 0.288. The van der Waals surface area contributed by atoms with Gasteiger partial charge in [0.25, 0.3) is 0 Å². The number of anilines is 1. The van der Waals surface area contributed by atoms with Crippen molar-refractivity contribution in [1.82, 2.24) is 4.98 Å². The average Bonchev–Trinajstić information content (AvgIpc) is 2.28. The lowest BCUT2D eigenvalue weighted by atomic mass is 9.87. The lowest BCUT2D eigenvalue weighted by Gasteiger charge is -2.25. The summed E-state index contributed by atoms with van der Waals surface area (Å²) in [5, 5.41) is 4.04. The molecule has 2 nitrogen and oxygen atoms in total. The van der Waals surface area contributed by atoms with Crippen LogP contribution in [-0.2, 0) is 0 Å². The highest BCUT2D eigenvalue weighted by Gasteiger charge is 2.17. The summed E-state index contributed by atoms with van der Waals surface area (Å²) >= 11 is 9.34. The Bertz CT molecular complexity index is 380. The van der Waals surface area contributed by atoms with Crippen LogP contribution in [0.5, 0.6) is 0 Å². The summed E-state index contributed by atoms with van der Waals surface area (Å²) in [7, 11) is 0. The van der Waals surface area contributed by atoms with Crippen LogP contribution in [0.3, 0.4) is 0 Å². The minimum atomic E-state index is 0.288. The fourth-order valence-corrected chi connectivity index (χ4v) is 2.59. The highest BCUT2D eigenvalue weighted by Crippen LogP contribution is 2.27. The molecular weight excluding hydrogens is 312 g/mol. The molecule has 0 aliphatic rings. The van der Waals surface area contributed by atoms with E-state index >= 15 is 0 Å². The number of rotatable bonds is 7. The normalized spacial score (nSPS) is 11.6. The minimum absolute atomic E-state index is 0.288. The van der Waals surface area contributed by atoms with Crippen molar-refractivity contribution in [2.24, 2.45) is 5.41 Å². The van der Waals surface area contributed by atoms with Gasteiger partial charge in [0.15, 0.2) is 0 Å². The highest BCUT2D eigenvalue weighted by atomic mass is 79.9. The zero-order valence-corrected chi connectivity index (χ0v) is 13.7. The van der Waals surface area contributed by atoms with Crippen molar-refractivity contribution in [3.63, 3.8) is 0 Å². The Hall–Kier alpha value is -0.280. The zero-order chi connectivity index (χ0) is 13.6. The van der Waals surface area contributed by atoms with Gasteiger partial charge < -0.3 is 5.32 Å². The fourth-order valence-electron chi connectivity index (χ4n) is 1.81. The molecule has 0 radical (unpaired) electrons. The predicted octanol–water partition coefficient (Wildman–Crippen LogP) is 5.52. The fraction of sp³-hybridized carbons (Fsp3) is 0.643. The molecule has 1 N–H and O–H groups in total. The SMILES string of the molecule is CCCCCC(C)(C)CNc1ncc(Cl)cc1Br. The van der Waals surface area contributed by atoms with Crippen LogP contribution in [0.25, 0.3) is 0 Å². The average molecular weight is 334 g/mol. The second-order valence-corrected chi connectivity index (χ2v) is 6.75. The Morgan fingerprint density at radius 3 is 2.72 bits per heavy atom. The molecule has 0 saturated heterocycles. The van der Waals surface area contributed by atoms with Gasteiger partial charge in [-0.1, -0.05) is 51.6 Å². The molecule has 1 heterocycles. The van der Waals surface area contributed by atoms with Gasteiger partial charge in [0.1, 0.15) is 5.82 Å². The van der Waals surface area contributed by atoms with Crippen molar-refractivity contribution in [2.45, 2.75) is 46.5 Å². The Kier molecular flexibility index (Phi) is 6.44. The maximum atomic E-state index is 5.87. The molecule has 0 aliphatic carbocycles. The number of halogens is 2. The maximum absolute atomic E-state index is 5.87. The third-order valence-electron chi connectivity index (χ3n) is 3.00. The van der Waals surface area contributed by atoms with Crippen LogP contribution in [-0.4, -0.2) is 11.5 Å². The van der Waals surface area contributed by atoms with Gasteiger partial charge in [-0.25, -0.2) is 4.98 Å². The molecule has 4 heteroatoms. The van der Waals surface area contributed by atoms with E-state index in [-0.39, 0.29) is 5.41 Å². The van der Waals surface area contributed by atoms with E-state index in [1.807, 2.05) is 6.07 Å². The summed E-state index contributed by atoms with van der Waals surface area (Å²) in [6.07, 6.45) is 6.78. The standard InChI is InChI=1S/C14H22BrClN2/c1-4-5-6-7-14(2,3)10-18-13-12(15)8-11(16)9-17-13/h8-9H,4-7,10H2,1-3H3,(H,17,18). The van der Waals surface area contributed by atoms with Crippen LogP contribution in [0.2, 0.25) is 5.02 Å². The molecule has 0 aromatic carbocycles. The molecule has 0 spiro atoms. The number of nitrogens with one attached hydrogen (secondary N) is 1. The molecule has 0 amide bonds. The summed E-state index contributed by atoms with van der Waals surface area (Å²) in [6, 6.07) is 1.86. The molecule has 18 heavy (non-hydrogen) atoms. The van der Waals surface area contributed by atoms with Gasteiger partial charge in [0, 0.05) is 12.7 Å². The van der Waals surface area contributed by atoms with E-state index in [0.29, 0.717) is 5.02 Å². The van der Waals surface area contributed by atoms with E-state index in [4.69, 9.17) is 11.6 Å². The predicted molar refractivity (Wildman–Crippen MR) is 83.4 cm³/mol. The summed E-state index contributed by atoms with van der Waals surface area (Å²) in [5.74, 6) is 0.864. The summed E-state index contributed by atoms with van der Waals surface area (Å²) in [6.45, 7) is 7.74. The first-order valence-corrected chi connectivity index (χ1v) is 7.66. The molecule has 0 aliphatic heterocycles. The van der Waals surface area contributed by atoms with E-state index < -0.39 is 0 Å². The third-order valence-corrected chi connectivity index (χ3v) is 3.81. The molecule has 0 unspecified atom stereocenters. The van der Waals surface area contributed by atoms with Gasteiger partial charge in [0.2, 0.25) is 0 Å². The van der Waals surface area contributed by atoms with Gasteiger partial charge in [-0.2, -0.15) is 0 Å². The Morgan fingerprint density at radius 1 is 1.39 bits per heavy atom. The first kappa shape index (κ1) is 15.8. The molecule has 102 valence electrons. The Morgan fingerprint density at radius 2 is 2.11 bits per heavy atom. The first-order chi connectivity index (χ1) is 8.44. The second kappa shape index (κ2) is 7.34. The van der Waals surface area contributed by atoms with Gasteiger partial charge in [-0.15, -0.1) is 0 Å². The number of nitrogens with zero attached hydrogens (tertiary/aromatic N) is 1. The topological polar surface area (TPSA) is 24.9 Å². The van der Waals surface area contributed by atoms with Crippen LogP contribution in [0.4, 0.5) is 5.82 Å². The summed E-state index contributed by atoms with van der Waals surface area (Å²) < 4.78 is 0.916. The number of hydrogen-bond donors (Lipinski definition) is 1. The largest absolute Gasteiger partial charge is 0.369 e. The van der Waals surface area contributed by atoms with Gasteiger partial charge in [-0.05, 0) is 33.8 Å². The number of hydrogen-bond acceptors (Lipinski definition) is 2. The van der Waals surface area contributed by atoms with Crippen LogP contribution in [0.1, 0.15) is 46.5 Å². The molecule has 0 fully saturated rings. The van der Waals surface area contributed by atoms with Crippen LogP contribution >= 0.6 is 27.5 Å². The maximum Gasteiger partial charge on any atom is 0.140 e. The van der Waals surface area contributed by atoms with Crippen molar-refractivity contribution >= 4 is 33.3 Å². The van der Waals surface area contributed by atoms with E-state index in [0.717, 1.165) is 16.8 Å². The highest BCUT2D eigenvalue weighted by molar-refractivity contribution is 9.10. The van der Waals surface area contributed by atoms with Gasteiger partial charge in [-0.3, -0.25) is 0 Å². The van der Waals surface area contributed by atoms with Crippen molar-refractivity contribution in [2.75, 3.05) is 11.9 Å². The first-order valence-electron chi connectivity index (χ1n) is 6.49. The lowest BCUT2D eigenvalue weighted by molar-refractivity contribution is 0.342. The second-order valence-electron chi connectivity index (χ2n) is 5.46. The molecule has 1 aromatic heterocycles. The van der Waals surface area contributed by atoms with Crippen molar-refractivity contribution < 1.29 is 0 Å². The van der Waals surface area contributed by atoms with Crippen LogP contribution in [0.15, 0.2) is 16.7 Å². The Labute approximate surface area is 124 Å². The monoisotopic (exact) mass is 332 g/mol. The van der Waals surface area contributed by atoms with Crippen LogP contribution < -0.4 is 5.32 Å². The molecule has 0 saturated carbocycles. The van der Waals surface area contributed by atoms with E-state index in [1.165, 1.54) is 25.7 Å². The molecular formula is C14H22BrClN2. The van der Waals surface area contributed by atoms with E-state index in [9.17, 15) is 0 Å². The third kappa shape index (κ3) is 5.57. The lowest BCUT2D eigenvalue weighted by Crippen LogP contribution is -2.23. The van der Waals surface area contributed by atoms with E-state index in [2.05, 4.69) is 47.0 Å². The van der Waals surface area contributed by atoms with E-state index in [1.54, 1.807) is 6.20 Å². The van der Waals surface area contributed by atoms with Crippen molar-refractivity contribution in [3.05, 3.63) is 21.8 Å². The summed E-state index contributed by atoms with van der Waals surface area (Å²) in [4.78, 5) is 4.29. The molecule has 1 aromatic rings. The zero-order valence-electron chi connectivity index (χ0n) is 11.4. The van der Waals surface area contributed by atoms with Gasteiger partial charge in [0.05, 0.1) is 9.50 Å². The van der Waals surface area contributed by atoms with Crippen molar-refractivity contribution in [1.29, 1.82) is 0 Å². The number of aromatic nitrogens is 1. The van der Waals surface area contributed by atoms with Crippen molar-refractivity contribution in [3.8, 4) is 0 Å². The van der Waals surface area contributed by atoms with Crippen LogP contribution in [0, 0.1) is 5.41 Å². The molecule has 0 atom stereocenters. The Balaban J connectivity index is 2.48. The molecule has 0 bridgehead atoms. The smallest absolute Gasteiger partial charge is 0.140 e. The number of unbranched alkanes of at least 4 members (excludes halogenated alkanes) is 2. The number of pyridine rings is 1. The van der Waals surface area contributed by atoms with Gasteiger partial charge >= 0.3 is 0 Å². The molecule has 1 rings (SSSR count).